The fourth-order valence-electron chi connectivity index (χ4n) is 3.21. The molecule has 1 aliphatic rings. The largest absolute Gasteiger partial charge is 0.381 e. The molecule has 0 bridgehead atoms. The Labute approximate surface area is 132 Å². The van der Waals surface area contributed by atoms with E-state index in [9.17, 15) is 0 Å². The topological polar surface area (TPSA) is 30.3 Å². The molecule has 1 aromatic heterocycles. The second-order valence-electron chi connectivity index (χ2n) is 6.00. The Morgan fingerprint density at radius 2 is 2.09 bits per heavy atom. The molecule has 0 fully saturated rings. The summed E-state index contributed by atoms with van der Waals surface area (Å²) >= 11 is 0. The van der Waals surface area contributed by atoms with Crippen molar-refractivity contribution < 1.29 is 4.74 Å². The molecule has 0 unspecified atom stereocenters. The summed E-state index contributed by atoms with van der Waals surface area (Å²) in [6, 6.07) is 10.7. The highest BCUT2D eigenvalue weighted by Crippen LogP contribution is 2.28. The molecule has 1 aliphatic heterocycles. The van der Waals surface area contributed by atoms with Crippen LogP contribution < -0.4 is 0 Å². The molecule has 0 aliphatic carbocycles. The van der Waals surface area contributed by atoms with E-state index in [2.05, 4.69) is 47.3 Å². The average Bonchev–Trinajstić information content (AvgIpc) is 2.93. The predicted octanol–water partition coefficient (Wildman–Crippen LogP) is 2.60. The summed E-state index contributed by atoms with van der Waals surface area (Å²) in [6.07, 6.45) is 3.11. The molecule has 0 radical (unpaired) electrons. The van der Waals surface area contributed by atoms with Gasteiger partial charge in [-0.3, -0.25) is 9.58 Å². The highest BCUT2D eigenvalue weighted by Gasteiger charge is 2.28. The van der Waals surface area contributed by atoms with E-state index in [1.807, 2.05) is 17.9 Å². The van der Waals surface area contributed by atoms with Crippen molar-refractivity contribution in [2.45, 2.75) is 25.8 Å². The van der Waals surface area contributed by atoms with Crippen LogP contribution in [0.25, 0.3) is 0 Å². The first-order valence-corrected chi connectivity index (χ1v) is 8.12. The van der Waals surface area contributed by atoms with Gasteiger partial charge in [-0.1, -0.05) is 30.3 Å². The normalized spacial score (nSPS) is 18.4. The number of hydrogen-bond donors (Lipinski definition) is 0. The van der Waals surface area contributed by atoms with Crippen LogP contribution in [0.5, 0.6) is 0 Å². The van der Waals surface area contributed by atoms with Crippen LogP contribution >= 0.6 is 0 Å². The summed E-state index contributed by atoms with van der Waals surface area (Å²) in [7, 11) is 2.04. The van der Waals surface area contributed by atoms with Gasteiger partial charge in [0.1, 0.15) is 0 Å². The number of benzene rings is 1. The molecular weight excluding hydrogens is 274 g/mol. The first-order chi connectivity index (χ1) is 10.8. The molecule has 0 saturated heterocycles. The van der Waals surface area contributed by atoms with Crippen molar-refractivity contribution in [2.24, 2.45) is 7.05 Å². The average molecular weight is 299 g/mol. The van der Waals surface area contributed by atoms with Crippen LogP contribution in [0.2, 0.25) is 0 Å². The third-order valence-electron chi connectivity index (χ3n) is 4.47. The van der Waals surface area contributed by atoms with E-state index >= 15 is 0 Å². The summed E-state index contributed by atoms with van der Waals surface area (Å²) < 4.78 is 7.70. The Balaban J connectivity index is 1.67. The fraction of sp³-hybridized carbons (Fsp3) is 0.500. The van der Waals surface area contributed by atoms with Crippen LogP contribution in [0.1, 0.15) is 29.7 Å². The molecule has 4 nitrogen and oxygen atoms in total. The molecule has 1 aromatic carbocycles. The lowest BCUT2D eigenvalue weighted by atomic mass is 9.95. The summed E-state index contributed by atoms with van der Waals surface area (Å²) in [5, 5.41) is 4.44. The van der Waals surface area contributed by atoms with Crippen molar-refractivity contribution in [2.75, 3.05) is 26.3 Å². The molecule has 0 N–H and O–H groups in total. The van der Waals surface area contributed by atoms with Crippen molar-refractivity contribution >= 4 is 0 Å². The Bertz CT molecular complexity index is 594. The standard InChI is InChI=1S/C18H25N3O/c1-3-22-14-16-12-21(10-9-15-7-5-4-6-8-15)13-18-17(16)11-19-20(18)2/h4-8,11,16H,3,9-10,12-14H2,1-2H3/t16-/m1/s1. The summed E-state index contributed by atoms with van der Waals surface area (Å²) in [5.74, 6) is 0.438. The number of fused-ring (bicyclic) bond motifs is 1. The minimum absolute atomic E-state index is 0.438. The van der Waals surface area contributed by atoms with E-state index in [1.165, 1.54) is 16.8 Å². The zero-order chi connectivity index (χ0) is 15.4. The number of nitrogens with zero attached hydrogens (tertiary/aromatic N) is 3. The van der Waals surface area contributed by atoms with Crippen LogP contribution in [0.15, 0.2) is 36.5 Å². The van der Waals surface area contributed by atoms with Gasteiger partial charge >= 0.3 is 0 Å². The van der Waals surface area contributed by atoms with Crippen LogP contribution in [-0.4, -0.2) is 41.0 Å². The van der Waals surface area contributed by atoms with Gasteiger partial charge in [-0.15, -0.1) is 0 Å². The highest BCUT2D eigenvalue weighted by molar-refractivity contribution is 5.26. The number of ether oxygens (including phenoxy) is 1. The second kappa shape index (κ2) is 7.07. The second-order valence-corrected chi connectivity index (χ2v) is 6.00. The molecule has 0 amide bonds. The maximum Gasteiger partial charge on any atom is 0.0557 e. The smallest absolute Gasteiger partial charge is 0.0557 e. The zero-order valence-electron chi connectivity index (χ0n) is 13.5. The van der Waals surface area contributed by atoms with E-state index in [0.29, 0.717) is 5.92 Å². The monoisotopic (exact) mass is 299 g/mol. The quantitative estimate of drug-likeness (QED) is 0.821. The minimum Gasteiger partial charge on any atom is -0.381 e. The van der Waals surface area contributed by atoms with Crippen LogP contribution in [-0.2, 0) is 24.8 Å². The van der Waals surface area contributed by atoms with Crippen molar-refractivity contribution in [1.29, 1.82) is 0 Å². The maximum absolute atomic E-state index is 5.69. The molecule has 2 aromatic rings. The number of aromatic nitrogens is 2. The van der Waals surface area contributed by atoms with E-state index in [1.54, 1.807) is 0 Å². The van der Waals surface area contributed by atoms with Crippen LogP contribution in [0.4, 0.5) is 0 Å². The molecule has 22 heavy (non-hydrogen) atoms. The number of hydrogen-bond acceptors (Lipinski definition) is 3. The first kappa shape index (κ1) is 15.3. The van der Waals surface area contributed by atoms with E-state index < -0.39 is 0 Å². The maximum atomic E-state index is 5.69. The van der Waals surface area contributed by atoms with Crippen molar-refractivity contribution in [3.05, 3.63) is 53.3 Å². The van der Waals surface area contributed by atoms with E-state index in [4.69, 9.17) is 4.74 Å². The molecule has 1 atom stereocenters. The van der Waals surface area contributed by atoms with E-state index in [-0.39, 0.29) is 0 Å². The SMILES string of the molecule is CCOC[C@H]1CN(CCc2ccccc2)Cc2c1cnn2C. The third-order valence-corrected chi connectivity index (χ3v) is 4.47. The molecule has 0 saturated carbocycles. The van der Waals surface area contributed by atoms with Gasteiger partial charge in [0, 0.05) is 44.8 Å². The Morgan fingerprint density at radius 1 is 1.27 bits per heavy atom. The number of rotatable bonds is 6. The lowest BCUT2D eigenvalue weighted by Crippen LogP contribution is -2.37. The number of aryl methyl sites for hydroxylation is 1. The van der Waals surface area contributed by atoms with Crippen molar-refractivity contribution in [1.82, 2.24) is 14.7 Å². The summed E-state index contributed by atoms with van der Waals surface area (Å²) in [5.41, 5.74) is 4.11. The molecule has 3 rings (SSSR count). The third kappa shape index (κ3) is 3.39. The lowest BCUT2D eigenvalue weighted by Gasteiger charge is -2.33. The Hall–Kier alpha value is -1.65. The van der Waals surface area contributed by atoms with E-state index in [0.717, 1.165) is 39.3 Å². The Morgan fingerprint density at radius 3 is 2.86 bits per heavy atom. The van der Waals surface area contributed by atoms with Gasteiger partial charge < -0.3 is 4.74 Å². The summed E-state index contributed by atoms with van der Waals surface area (Å²) in [4.78, 5) is 2.53. The molecule has 0 spiro atoms. The van der Waals surface area contributed by atoms with Gasteiger partial charge in [-0.05, 0) is 18.9 Å². The predicted molar refractivity (Wildman–Crippen MR) is 87.9 cm³/mol. The van der Waals surface area contributed by atoms with Crippen LogP contribution in [0.3, 0.4) is 0 Å². The van der Waals surface area contributed by atoms with Gasteiger partial charge in [0.05, 0.1) is 18.5 Å². The summed E-state index contributed by atoms with van der Waals surface area (Å²) in [6.45, 7) is 6.75. The van der Waals surface area contributed by atoms with Crippen molar-refractivity contribution in [3.8, 4) is 0 Å². The molecule has 118 valence electrons. The van der Waals surface area contributed by atoms with Gasteiger partial charge in [0.2, 0.25) is 0 Å². The lowest BCUT2D eigenvalue weighted by molar-refractivity contribution is 0.106. The van der Waals surface area contributed by atoms with Gasteiger partial charge in [0.15, 0.2) is 0 Å². The van der Waals surface area contributed by atoms with Gasteiger partial charge in [-0.25, -0.2) is 0 Å². The zero-order valence-corrected chi connectivity index (χ0v) is 13.5. The Kier molecular flexibility index (Phi) is 4.90. The van der Waals surface area contributed by atoms with Gasteiger partial charge in [-0.2, -0.15) is 5.10 Å². The fourth-order valence-corrected chi connectivity index (χ4v) is 3.21. The first-order valence-electron chi connectivity index (χ1n) is 8.12. The van der Waals surface area contributed by atoms with Crippen molar-refractivity contribution in [3.63, 3.8) is 0 Å². The highest BCUT2D eigenvalue weighted by atomic mass is 16.5. The molecule has 2 heterocycles. The van der Waals surface area contributed by atoms with Crippen LogP contribution in [0, 0.1) is 0 Å². The molecular formula is C18H25N3O. The minimum atomic E-state index is 0.438. The molecule has 4 heteroatoms. The van der Waals surface area contributed by atoms with Gasteiger partial charge in [0.25, 0.3) is 0 Å².